The molecule has 0 radical (unpaired) electrons. The molecule has 1 aliphatic carbocycles. The zero-order valence-electron chi connectivity index (χ0n) is 11.3. The van der Waals surface area contributed by atoms with Crippen LogP contribution in [0.25, 0.3) is 0 Å². The Hall–Kier alpha value is -0.900. The van der Waals surface area contributed by atoms with E-state index in [9.17, 15) is 0 Å². The molecule has 0 saturated heterocycles. The number of nitrogens with two attached hydrogens (primary N) is 1. The third-order valence-corrected chi connectivity index (χ3v) is 3.91. The van der Waals surface area contributed by atoms with Gasteiger partial charge in [0.1, 0.15) is 0 Å². The van der Waals surface area contributed by atoms with Gasteiger partial charge in [0.15, 0.2) is 0 Å². The fraction of sp³-hybridized carbons (Fsp3) is 0.600. The van der Waals surface area contributed by atoms with E-state index in [0.717, 1.165) is 13.0 Å². The molecule has 1 fully saturated rings. The molecule has 0 spiro atoms. The minimum absolute atomic E-state index is 0.403. The first-order valence-corrected chi connectivity index (χ1v) is 6.76. The summed E-state index contributed by atoms with van der Waals surface area (Å²) in [6, 6.07) is 11.1. The molecule has 0 amide bonds. The molecule has 3 nitrogen and oxygen atoms in total. The molecular weight excluding hydrogens is 224 g/mol. The van der Waals surface area contributed by atoms with E-state index in [-0.39, 0.29) is 0 Å². The first kappa shape index (κ1) is 13.5. The van der Waals surface area contributed by atoms with E-state index in [1.807, 2.05) is 0 Å². The molecule has 18 heavy (non-hydrogen) atoms. The molecule has 1 aliphatic rings. The van der Waals surface area contributed by atoms with Gasteiger partial charge >= 0.3 is 0 Å². The average Bonchev–Trinajstić information content (AvgIpc) is 3.17. The quantitative estimate of drug-likeness (QED) is 0.575. The smallest absolute Gasteiger partial charge is 0.0488 e. The molecule has 0 aliphatic heterocycles. The molecule has 0 aromatic heterocycles. The summed E-state index contributed by atoms with van der Waals surface area (Å²) in [7, 11) is 1.76. The molecule has 0 bridgehead atoms. The average molecular weight is 248 g/mol. The Morgan fingerprint density at radius 3 is 2.72 bits per heavy atom. The first-order valence-electron chi connectivity index (χ1n) is 6.76. The minimum Gasteiger partial charge on any atom is -0.384 e. The number of rotatable bonds is 7. The topological polar surface area (TPSA) is 47.3 Å². The van der Waals surface area contributed by atoms with Crippen LogP contribution in [0.3, 0.4) is 0 Å². The van der Waals surface area contributed by atoms with Gasteiger partial charge in [0.25, 0.3) is 0 Å². The van der Waals surface area contributed by atoms with Crippen molar-refractivity contribution in [2.24, 2.45) is 17.7 Å². The number of hydrogen-bond acceptors (Lipinski definition) is 3. The van der Waals surface area contributed by atoms with Crippen molar-refractivity contribution in [1.29, 1.82) is 0 Å². The summed E-state index contributed by atoms with van der Waals surface area (Å²) in [4.78, 5) is 0. The highest BCUT2D eigenvalue weighted by Crippen LogP contribution is 2.50. The lowest BCUT2D eigenvalue weighted by atomic mass is 9.97. The largest absolute Gasteiger partial charge is 0.384 e. The van der Waals surface area contributed by atoms with E-state index in [0.29, 0.717) is 23.8 Å². The number of hydrazine groups is 1. The molecule has 4 atom stereocenters. The predicted octanol–water partition coefficient (Wildman–Crippen LogP) is 2.29. The standard InChI is InChI=1S/C15H24N2O/c1-11(10-18-2)8-15(17-16)14-9-13(14)12-6-4-3-5-7-12/h3-7,11,13-15,17H,8-10,16H2,1-2H3. The van der Waals surface area contributed by atoms with Crippen LogP contribution < -0.4 is 11.3 Å². The van der Waals surface area contributed by atoms with Crippen molar-refractivity contribution in [3.05, 3.63) is 35.9 Å². The molecule has 1 saturated carbocycles. The van der Waals surface area contributed by atoms with Gasteiger partial charge in [-0.15, -0.1) is 0 Å². The fourth-order valence-electron chi connectivity index (χ4n) is 2.90. The summed E-state index contributed by atoms with van der Waals surface area (Å²) in [6.07, 6.45) is 2.33. The minimum atomic E-state index is 0.403. The lowest BCUT2D eigenvalue weighted by Crippen LogP contribution is -2.38. The molecule has 100 valence electrons. The Kier molecular flexibility index (Phi) is 4.75. The number of methoxy groups -OCH3 is 1. The summed E-state index contributed by atoms with van der Waals surface area (Å²) in [5.74, 6) is 7.62. The lowest BCUT2D eigenvalue weighted by Gasteiger charge is -2.20. The van der Waals surface area contributed by atoms with Gasteiger partial charge in [-0.2, -0.15) is 0 Å². The van der Waals surface area contributed by atoms with Crippen LogP contribution in [-0.4, -0.2) is 19.8 Å². The molecule has 2 rings (SSSR count). The predicted molar refractivity (Wildman–Crippen MR) is 74.1 cm³/mol. The molecular formula is C15H24N2O. The third kappa shape index (κ3) is 3.31. The van der Waals surface area contributed by atoms with Crippen LogP contribution in [0.2, 0.25) is 0 Å². The normalized spacial score (nSPS) is 25.7. The maximum atomic E-state index is 5.71. The van der Waals surface area contributed by atoms with E-state index in [1.54, 1.807) is 7.11 Å². The van der Waals surface area contributed by atoms with Crippen LogP contribution in [-0.2, 0) is 4.74 Å². The Morgan fingerprint density at radius 2 is 2.11 bits per heavy atom. The highest BCUT2D eigenvalue weighted by molar-refractivity contribution is 5.26. The van der Waals surface area contributed by atoms with Crippen molar-refractivity contribution in [2.45, 2.75) is 31.7 Å². The molecule has 0 heterocycles. The van der Waals surface area contributed by atoms with Gasteiger partial charge in [-0.3, -0.25) is 11.3 Å². The van der Waals surface area contributed by atoms with Gasteiger partial charge in [-0.1, -0.05) is 37.3 Å². The molecule has 3 heteroatoms. The monoisotopic (exact) mass is 248 g/mol. The van der Waals surface area contributed by atoms with Crippen LogP contribution in [0.15, 0.2) is 30.3 Å². The van der Waals surface area contributed by atoms with Gasteiger partial charge in [0, 0.05) is 19.8 Å². The first-order chi connectivity index (χ1) is 8.76. The second-order valence-electron chi connectivity index (χ2n) is 5.49. The molecule has 4 unspecified atom stereocenters. The number of nitrogens with one attached hydrogen (secondary N) is 1. The molecule has 3 N–H and O–H groups in total. The summed E-state index contributed by atoms with van der Waals surface area (Å²) in [5, 5.41) is 0. The zero-order valence-corrected chi connectivity index (χ0v) is 11.3. The maximum absolute atomic E-state index is 5.71. The van der Waals surface area contributed by atoms with Crippen molar-refractivity contribution in [3.8, 4) is 0 Å². The Morgan fingerprint density at radius 1 is 1.39 bits per heavy atom. The Labute approximate surface area is 110 Å². The van der Waals surface area contributed by atoms with Gasteiger partial charge in [-0.05, 0) is 36.2 Å². The third-order valence-electron chi connectivity index (χ3n) is 3.91. The lowest BCUT2D eigenvalue weighted by molar-refractivity contribution is 0.147. The second-order valence-corrected chi connectivity index (χ2v) is 5.49. The maximum Gasteiger partial charge on any atom is 0.0488 e. The fourth-order valence-corrected chi connectivity index (χ4v) is 2.90. The van der Waals surface area contributed by atoms with Crippen LogP contribution in [0.4, 0.5) is 0 Å². The van der Waals surface area contributed by atoms with E-state index in [2.05, 4.69) is 42.7 Å². The highest BCUT2D eigenvalue weighted by Gasteiger charge is 2.43. The van der Waals surface area contributed by atoms with Crippen LogP contribution >= 0.6 is 0 Å². The van der Waals surface area contributed by atoms with Crippen molar-refractivity contribution >= 4 is 0 Å². The van der Waals surface area contributed by atoms with E-state index in [4.69, 9.17) is 10.6 Å². The Balaban J connectivity index is 1.88. The second kappa shape index (κ2) is 6.32. The zero-order chi connectivity index (χ0) is 13.0. The van der Waals surface area contributed by atoms with Crippen molar-refractivity contribution in [2.75, 3.05) is 13.7 Å². The highest BCUT2D eigenvalue weighted by atomic mass is 16.5. The van der Waals surface area contributed by atoms with Crippen molar-refractivity contribution in [1.82, 2.24) is 5.43 Å². The summed E-state index contributed by atoms with van der Waals surface area (Å²) in [6.45, 7) is 3.02. The van der Waals surface area contributed by atoms with Gasteiger partial charge < -0.3 is 4.74 Å². The van der Waals surface area contributed by atoms with Crippen LogP contribution in [0.1, 0.15) is 31.2 Å². The van der Waals surface area contributed by atoms with Gasteiger partial charge in [0.2, 0.25) is 0 Å². The van der Waals surface area contributed by atoms with E-state index in [1.165, 1.54) is 12.0 Å². The van der Waals surface area contributed by atoms with E-state index >= 15 is 0 Å². The molecule has 1 aromatic carbocycles. The van der Waals surface area contributed by atoms with Crippen molar-refractivity contribution in [3.63, 3.8) is 0 Å². The van der Waals surface area contributed by atoms with Crippen molar-refractivity contribution < 1.29 is 4.74 Å². The summed E-state index contributed by atoms with van der Waals surface area (Å²) in [5.41, 5.74) is 4.44. The van der Waals surface area contributed by atoms with Gasteiger partial charge in [0.05, 0.1) is 0 Å². The number of ether oxygens (including phenoxy) is 1. The SMILES string of the molecule is COCC(C)CC(NN)C1CC1c1ccccc1. The van der Waals surface area contributed by atoms with Crippen LogP contribution in [0.5, 0.6) is 0 Å². The molecule has 1 aromatic rings. The Bertz CT molecular complexity index is 355. The summed E-state index contributed by atoms with van der Waals surface area (Å²) < 4.78 is 5.19. The number of benzene rings is 1. The number of hydrogen-bond donors (Lipinski definition) is 2. The van der Waals surface area contributed by atoms with Crippen LogP contribution in [0, 0.1) is 11.8 Å². The summed E-state index contributed by atoms with van der Waals surface area (Å²) >= 11 is 0. The van der Waals surface area contributed by atoms with Gasteiger partial charge in [-0.25, -0.2) is 0 Å². The van der Waals surface area contributed by atoms with E-state index < -0.39 is 0 Å².